The standard InChI is InChI=1S/2C12H13N.C8H11N.C7H10N2.6CH5P/c1-9(2)11-7-10-5-3-4-6-12(10)13-8-11;1-9(2)12-8-13-7-10-5-3-4-6-11(10)12;1-7(2)8-4-3-5-9-6-8;1-6(2)7-3-8-5-9-4-7;6*1-2/h2*3-9H,1-2H3;3-7H,1-2H3;3-6H,1-2H3;6*2H2,1H3. The van der Waals surface area contributed by atoms with Gasteiger partial charge in [-0.25, -0.2) is 9.97 Å². The zero-order valence-corrected chi connectivity index (χ0v) is 43.9. The molecule has 5 nitrogen and oxygen atoms in total. The molecule has 11 heteroatoms. The highest BCUT2D eigenvalue weighted by Gasteiger charge is 2.04. The van der Waals surface area contributed by atoms with Gasteiger partial charge in [0, 0.05) is 54.2 Å². The van der Waals surface area contributed by atoms with Crippen LogP contribution in [0, 0.1) is 0 Å². The molecule has 0 saturated heterocycles. The summed E-state index contributed by atoms with van der Waals surface area (Å²) in [6.07, 6.45) is 14.8. The minimum Gasteiger partial charge on any atom is -0.264 e. The Morgan fingerprint density at radius 1 is 0.393 bits per heavy atom. The fourth-order valence-electron chi connectivity index (χ4n) is 4.33. The number of benzene rings is 2. The lowest BCUT2D eigenvalue weighted by atomic mass is 9.99. The number of aromatic nitrogens is 5. The first-order valence-electron chi connectivity index (χ1n) is 19.0. The molecule has 6 rings (SSSR count). The summed E-state index contributed by atoms with van der Waals surface area (Å²) in [7, 11) is 14.5. The first-order valence-corrected chi connectivity index (χ1v) is 25.9. The molecule has 6 aromatic rings. The van der Waals surface area contributed by atoms with Crippen LogP contribution in [0.2, 0.25) is 0 Å². The first kappa shape index (κ1) is 60.7. The lowest BCUT2D eigenvalue weighted by Crippen LogP contribution is -1.90. The van der Waals surface area contributed by atoms with Crippen LogP contribution in [0.4, 0.5) is 0 Å². The second kappa shape index (κ2) is 42.7. The Morgan fingerprint density at radius 2 is 0.875 bits per heavy atom. The van der Waals surface area contributed by atoms with Crippen molar-refractivity contribution in [2.24, 2.45) is 0 Å². The van der Waals surface area contributed by atoms with Gasteiger partial charge in [-0.05, 0) is 69.5 Å². The molecule has 0 aliphatic rings. The van der Waals surface area contributed by atoms with Crippen molar-refractivity contribution in [3.05, 3.63) is 139 Å². The van der Waals surface area contributed by atoms with E-state index in [9.17, 15) is 0 Å². The zero-order valence-electron chi connectivity index (χ0n) is 37.0. The second-order valence-corrected chi connectivity index (χ2v) is 12.0. The normalized spacial score (nSPS) is 9.00. The molecule has 56 heavy (non-hydrogen) atoms. The molecule has 0 N–H and O–H groups in total. The Labute approximate surface area is 358 Å². The highest BCUT2D eigenvalue weighted by molar-refractivity contribution is 7.15. The van der Waals surface area contributed by atoms with Gasteiger partial charge in [0.05, 0.1) is 5.52 Å². The fraction of sp³-hybridized carbons (Fsp3) is 0.400. The maximum Gasteiger partial charge on any atom is 0.115 e. The van der Waals surface area contributed by atoms with Gasteiger partial charge in [-0.1, -0.05) is 144 Å². The van der Waals surface area contributed by atoms with Crippen LogP contribution in [0.3, 0.4) is 0 Å². The molecule has 6 unspecified atom stereocenters. The molecule has 6 atom stereocenters. The van der Waals surface area contributed by atoms with Gasteiger partial charge >= 0.3 is 0 Å². The van der Waals surface area contributed by atoms with Gasteiger partial charge in [0.15, 0.2) is 0 Å². The molecule has 2 aromatic carbocycles. The van der Waals surface area contributed by atoms with E-state index in [1.807, 2.05) is 108 Å². The molecule has 0 amide bonds. The molecule has 0 fully saturated rings. The van der Waals surface area contributed by atoms with Crippen LogP contribution in [0.25, 0.3) is 21.7 Å². The van der Waals surface area contributed by atoms with Crippen LogP contribution >= 0.6 is 55.4 Å². The van der Waals surface area contributed by atoms with Crippen molar-refractivity contribution < 1.29 is 0 Å². The van der Waals surface area contributed by atoms with Gasteiger partial charge in [0.1, 0.15) is 6.33 Å². The summed E-state index contributed by atoms with van der Waals surface area (Å²) in [5.74, 6) is 2.22. The Morgan fingerprint density at radius 3 is 1.32 bits per heavy atom. The molecular weight excluding hydrogens is 796 g/mol. The predicted octanol–water partition coefficient (Wildman–Crippen LogP) is 13.5. The van der Waals surface area contributed by atoms with Crippen LogP contribution in [-0.2, 0) is 0 Å². The first-order chi connectivity index (χ1) is 27.2. The van der Waals surface area contributed by atoms with E-state index in [0.29, 0.717) is 23.7 Å². The zero-order chi connectivity index (χ0) is 43.9. The van der Waals surface area contributed by atoms with Crippen LogP contribution in [0.5, 0.6) is 0 Å². The van der Waals surface area contributed by atoms with E-state index in [-0.39, 0.29) is 0 Å². The van der Waals surface area contributed by atoms with E-state index in [2.05, 4.69) is 172 Å². The van der Waals surface area contributed by atoms with Crippen LogP contribution in [0.15, 0.2) is 116 Å². The number of rotatable bonds is 4. The van der Waals surface area contributed by atoms with Crippen molar-refractivity contribution in [3.63, 3.8) is 0 Å². The average molecular weight is 874 g/mol. The molecule has 0 spiro atoms. The number of pyridine rings is 3. The van der Waals surface area contributed by atoms with Crippen LogP contribution in [0.1, 0.15) is 101 Å². The molecule has 0 aliphatic carbocycles. The van der Waals surface area contributed by atoms with Crippen molar-refractivity contribution in [1.82, 2.24) is 24.9 Å². The molecule has 0 aliphatic heterocycles. The van der Waals surface area contributed by atoms with Gasteiger partial charge in [0.25, 0.3) is 0 Å². The summed E-state index contributed by atoms with van der Waals surface area (Å²) < 4.78 is 0. The molecule has 0 saturated carbocycles. The van der Waals surface area contributed by atoms with E-state index >= 15 is 0 Å². The minimum absolute atomic E-state index is 0.534. The Balaban J connectivity index is -0.000000298. The largest absolute Gasteiger partial charge is 0.264 e. The van der Waals surface area contributed by atoms with E-state index in [1.54, 1.807) is 12.5 Å². The quantitative estimate of drug-likeness (QED) is 0.165. The number of hydrogen-bond acceptors (Lipinski definition) is 5. The molecule has 4 aromatic heterocycles. The van der Waals surface area contributed by atoms with Crippen molar-refractivity contribution in [2.45, 2.75) is 79.1 Å². The Kier molecular flexibility index (Phi) is 46.3. The van der Waals surface area contributed by atoms with Gasteiger partial charge < -0.3 is 0 Å². The highest BCUT2D eigenvalue weighted by Crippen LogP contribution is 2.23. The number of para-hydroxylation sites is 1. The topological polar surface area (TPSA) is 64.5 Å². The summed E-state index contributed by atoms with van der Waals surface area (Å²) in [6, 6.07) is 22.9. The van der Waals surface area contributed by atoms with Gasteiger partial charge in [0.2, 0.25) is 0 Å². The van der Waals surface area contributed by atoms with Gasteiger partial charge in [-0.15, -0.1) is 55.4 Å². The van der Waals surface area contributed by atoms with Crippen molar-refractivity contribution in [1.29, 1.82) is 0 Å². The summed E-state index contributed by atoms with van der Waals surface area (Å²) in [5, 5.41) is 3.79. The summed E-state index contributed by atoms with van der Waals surface area (Å²) in [4.78, 5) is 20.4. The van der Waals surface area contributed by atoms with Gasteiger partial charge in [-0.3, -0.25) is 15.0 Å². The minimum atomic E-state index is 0.534. The van der Waals surface area contributed by atoms with Crippen molar-refractivity contribution in [3.8, 4) is 0 Å². The maximum absolute atomic E-state index is 4.40. The monoisotopic (exact) mass is 873 g/mol. The Hall–Kier alpha value is -1.93. The maximum atomic E-state index is 4.40. The third-order valence-corrected chi connectivity index (χ3v) is 7.20. The molecule has 0 bridgehead atoms. The summed E-state index contributed by atoms with van der Waals surface area (Å²) in [5.41, 5.74) is 6.21. The number of hydrogen-bond donors (Lipinski definition) is 0. The summed E-state index contributed by atoms with van der Waals surface area (Å²) >= 11 is 0. The van der Waals surface area contributed by atoms with E-state index in [0.717, 1.165) is 5.52 Å². The molecule has 312 valence electrons. The fourth-order valence-corrected chi connectivity index (χ4v) is 4.33. The van der Waals surface area contributed by atoms with Crippen LogP contribution < -0.4 is 0 Å². The molecule has 0 radical (unpaired) electrons. The van der Waals surface area contributed by atoms with E-state index in [4.69, 9.17) is 0 Å². The molecule has 4 heterocycles. The van der Waals surface area contributed by atoms with E-state index < -0.39 is 0 Å². The average Bonchev–Trinajstić information content (AvgIpc) is 3.28. The highest BCUT2D eigenvalue weighted by atomic mass is 31.0. The van der Waals surface area contributed by atoms with Crippen LogP contribution in [-0.4, -0.2) is 64.9 Å². The van der Waals surface area contributed by atoms with Gasteiger partial charge in [-0.2, -0.15) is 0 Å². The summed E-state index contributed by atoms with van der Waals surface area (Å²) in [6.45, 7) is 28.8. The smallest absolute Gasteiger partial charge is 0.115 e. The second-order valence-electron chi connectivity index (χ2n) is 12.0. The lowest BCUT2D eigenvalue weighted by Gasteiger charge is -2.08. The predicted molar refractivity (Wildman–Crippen MR) is 280 cm³/mol. The Bertz CT molecular complexity index is 1640. The van der Waals surface area contributed by atoms with Crippen molar-refractivity contribution >= 4 is 77.1 Å². The SMILES string of the molecule is CC(C)c1cccnc1.CC(C)c1cnc2ccccc2c1.CC(C)c1cncc2ccccc12.CC(C)c1cncnc1.CP.CP.CP.CP.CP.CP. The number of nitrogens with zero attached hydrogens (tertiary/aromatic N) is 5. The molecular formula is C45H77N5P6. The third kappa shape index (κ3) is 26.9. The number of fused-ring (bicyclic) bond motifs is 2. The van der Waals surface area contributed by atoms with Crippen molar-refractivity contribution in [2.75, 3.05) is 40.0 Å². The third-order valence-electron chi connectivity index (χ3n) is 7.20. The lowest BCUT2D eigenvalue weighted by molar-refractivity contribution is 0.845. The van der Waals surface area contributed by atoms with E-state index in [1.165, 1.54) is 38.4 Å².